The molecule has 1 heterocycles. The van der Waals surface area contributed by atoms with Crippen LogP contribution in [0.1, 0.15) is 11.1 Å². The van der Waals surface area contributed by atoms with E-state index in [9.17, 15) is 0 Å². The summed E-state index contributed by atoms with van der Waals surface area (Å²) in [4.78, 5) is 0. The van der Waals surface area contributed by atoms with E-state index in [1.165, 1.54) is 5.56 Å². The maximum Gasteiger partial charge on any atom is 0.222 e. The van der Waals surface area contributed by atoms with Crippen LogP contribution in [0.4, 0.5) is 5.88 Å². The van der Waals surface area contributed by atoms with Crippen LogP contribution in [0, 0.1) is 13.8 Å². The minimum absolute atomic E-state index is 0.301. The Morgan fingerprint density at radius 2 is 2.06 bits per heavy atom. The second-order valence-corrected chi connectivity index (χ2v) is 3.70. The SMILES string of the molecule is COc1c(-c2cc(N)on2)ccc(C)c1C. The zero-order valence-electron chi connectivity index (χ0n) is 9.57. The lowest BCUT2D eigenvalue weighted by Crippen LogP contribution is -1.93. The Morgan fingerprint density at radius 1 is 1.31 bits per heavy atom. The molecular formula is C12H14N2O2. The molecule has 0 amide bonds. The van der Waals surface area contributed by atoms with E-state index in [0.29, 0.717) is 11.6 Å². The molecule has 16 heavy (non-hydrogen) atoms. The van der Waals surface area contributed by atoms with Gasteiger partial charge in [0.25, 0.3) is 0 Å². The van der Waals surface area contributed by atoms with Gasteiger partial charge in [0.2, 0.25) is 5.88 Å². The molecule has 1 aromatic carbocycles. The third kappa shape index (κ3) is 1.62. The third-order valence-electron chi connectivity index (χ3n) is 2.69. The molecular weight excluding hydrogens is 204 g/mol. The van der Waals surface area contributed by atoms with Gasteiger partial charge in [-0.2, -0.15) is 0 Å². The molecule has 0 aliphatic rings. The highest BCUT2D eigenvalue weighted by atomic mass is 16.5. The number of hydrogen-bond donors (Lipinski definition) is 1. The summed E-state index contributed by atoms with van der Waals surface area (Å²) in [6.07, 6.45) is 0. The topological polar surface area (TPSA) is 61.3 Å². The van der Waals surface area contributed by atoms with Gasteiger partial charge in [0.1, 0.15) is 11.4 Å². The Morgan fingerprint density at radius 3 is 2.62 bits per heavy atom. The summed E-state index contributed by atoms with van der Waals surface area (Å²) in [5.41, 5.74) is 9.37. The molecule has 0 fully saturated rings. The minimum atomic E-state index is 0.301. The van der Waals surface area contributed by atoms with Gasteiger partial charge in [0.15, 0.2) is 0 Å². The molecule has 0 radical (unpaired) electrons. The number of rotatable bonds is 2. The van der Waals surface area contributed by atoms with Gasteiger partial charge in [-0.25, -0.2) is 0 Å². The smallest absolute Gasteiger partial charge is 0.222 e. The predicted octanol–water partition coefficient (Wildman–Crippen LogP) is 2.55. The minimum Gasteiger partial charge on any atom is -0.496 e. The fourth-order valence-electron chi connectivity index (χ4n) is 1.67. The summed E-state index contributed by atoms with van der Waals surface area (Å²) in [6.45, 7) is 4.06. The molecule has 0 aliphatic heterocycles. The number of aromatic nitrogens is 1. The molecule has 1 aromatic heterocycles. The number of nitrogen functional groups attached to an aromatic ring is 1. The van der Waals surface area contributed by atoms with Crippen molar-refractivity contribution in [2.75, 3.05) is 12.8 Å². The fourth-order valence-corrected chi connectivity index (χ4v) is 1.67. The molecule has 0 unspecified atom stereocenters. The third-order valence-corrected chi connectivity index (χ3v) is 2.69. The Kier molecular flexibility index (Phi) is 2.56. The van der Waals surface area contributed by atoms with Crippen molar-refractivity contribution in [3.63, 3.8) is 0 Å². The van der Waals surface area contributed by atoms with Gasteiger partial charge in [0, 0.05) is 11.6 Å². The summed E-state index contributed by atoms with van der Waals surface area (Å²) >= 11 is 0. The highest BCUT2D eigenvalue weighted by Crippen LogP contribution is 2.34. The van der Waals surface area contributed by atoms with Crippen LogP contribution < -0.4 is 10.5 Å². The zero-order valence-corrected chi connectivity index (χ0v) is 9.57. The molecule has 0 aliphatic carbocycles. The number of aryl methyl sites for hydroxylation is 1. The first-order valence-corrected chi connectivity index (χ1v) is 5.00. The Balaban J connectivity index is 2.61. The molecule has 2 N–H and O–H groups in total. The normalized spacial score (nSPS) is 10.4. The second-order valence-electron chi connectivity index (χ2n) is 3.70. The molecule has 2 aromatic rings. The van der Waals surface area contributed by atoms with Gasteiger partial charge < -0.3 is 15.0 Å². The summed E-state index contributed by atoms with van der Waals surface area (Å²) < 4.78 is 10.3. The first-order chi connectivity index (χ1) is 7.63. The predicted molar refractivity (Wildman–Crippen MR) is 62.4 cm³/mol. The molecule has 4 nitrogen and oxygen atoms in total. The number of methoxy groups -OCH3 is 1. The summed E-state index contributed by atoms with van der Waals surface area (Å²) in [5, 5.41) is 3.89. The maximum absolute atomic E-state index is 5.51. The van der Waals surface area contributed by atoms with Crippen molar-refractivity contribution in [3.8, 4) is 17.0 Å². The van der Waals surface area contributed by atoms with Crippen molar-refractivity contribution in [2.24, 2.45) is 0 Å². The Hall–Kier alpha value is -1.97. The van der Waals surface area contributed by atoms with Crippen LogP contribution in [0.3, 0.4) is 0 Å². The zero-order chi connectivity index (χ0) is 11.7. The van der Waals surface area contributed by atoms with E-state index in [2.05, 4.69) is 5.16 Å². The average molecular weight is 218 g/mol. The van der Waals surface area contributed by atoms with Crippen LogP contribution in [0.25, 0.3) is 11.3 Å². The van der Waals surface area contributed by atoms with Crippen LogP contribution in [0.15, 0.2) is 22.7 Å². The number of nitrogens with zero attached hydrogens (tertiary/aromatic N) is 1. The van der Waals surface area contributed by atoms with Crippen molar-refractivity contribution in [2.45, 2.75) is 13.8 Å². The van der Waals surface area contributed by atoms with E-state index in [-0.39, 0.29) is 0 Å². The molecule has 0 saturated carbocycles. The molecule has 0 saturated heterocycles. The van der Waals surface area contributed by atoms with E-state index in [0.717, 1.165) is 16.9 Å². The molecule has 2 rings (SSSR count). The van der Waals surface area contributed by atoms with Crippen LogP contribution in [-0.4, -0.2) is 12.3 Å². The van der Waals surface area contributed by atoms with Crippen molar-refractivity contribution in [3.05, 3.63) is 29.3 Å². The molecule has 0 spiro atoms. The van der Waals surface area contributed by atoms with Crippen molar-refractivity contribution < 1.29 is 9.26 Å². The number of benzene rings is 1. The van der Waals surface area contributed by atoms with Crippen LogP contribution in [0.2, 0.25) is 0 Å². The molecule has 0 bridgehead atoms. The van der Waals surface area contributed by atoms with Crippen LogP contribution in [-0.2, 0) is 0 Å². The number of hydrogen-bond acceptors (Lipinski definition) is 4. The number of ether oxygens (including phenoxy) is 1. The highest BCUT2D eigenvalue weighted by molar-refractivity contribution is 5.71. The highest BCUT2D eigenvalue weighted by Gasteiger charge is 2.13. The first kappa shape index (κ1) is 10.5. The molecule has 84 valence electrons. The standard InChI is InChI=1S/C12H14N2O2/c1-7-4-5-9(12(15-3)8(7)2)10-6-11(13)16-14-10/h4-6H,13H2,1-3H3. The lowest BCUT2D eigenvalue weighted by molar-refractivity contribution is 0.410. The monoisotopic (exact) mass is 218 g/mol. The lowest BCUT2D eigenvalue weighted by Gasteiger charge is -2.11. The van der Waals surface area contributed by atoms with E-state index < -0.39 is 0 Å². The van der Waals surface area contributed by atoms with Gasteiger partial charge in [-0.1, -0.05) is 11.2 Å². The first-order valence-electron chi connectivity index (χ1n) is 5.00. The maximum atomic E-state index is 5.51. The van der Waals surface area contributed by atoms with Gasteiger partial charge >= 0.3 is 0 Å². The van der Waals surface area contributed by atoms with E-state index >= 15 is 0 Å². The van der Waals surface area contributed by atoms with Gasteiger partial charge in [0.05, 0.1) is 7.11 Å². The van der Waals surface area contributed by atoms with E-state index in [4.69, 9.17) is 15.0 Å². The van der Waals surface area contributed by atoms with E-state index in [1.807, 2.05) is 26.0 Å². The molecule has 0 atom stereocenters. The van der Waals surface area contributed by atoms with Gasteiger partial charge in [-0.05, 0) is 31.0 Å². The van der Waals surface area contributed by atoms with E-state index in [1.54, 1.807) is 13.2 Å². The Bertz CT molecular complexity index is 518. The summed E-state index contributed by atoms with van der Waals surface area (Å²) in [6, 6.07) is 5.67. The van der Waals surface area contributed by atoms with Crippen molar-refractivity contribution in [1.82, 2.24) is 5.16 Å². The number of anilines is 1. The lowest BCUT2D eigenvalue weighted by atomic mass is 10.0. The van der Waals surface area contributed by atoms with Crippen LogP contribution in [0.5, 0.6) is 5.75 Å². The van der Waals surface area contributed by atoms with Crippen molar-refractivity contribution >= 4 is 5.88 Å². The fraction of sp³-hybridized carbons (Fsp3) is 0.250. The summed E-state index contributed by atoms with van der Waals surface area (Å²) in [5.74, 6) is 1.11. The van der Waals surface area contributed by atoms with Gasteiger partial charge in [-0.15, -0.1) is 0 Å². The van der Waals surface area contributed by atoms with Crippen molar-refractivity contribution in [1.29, 1.82) is 0 Å². The second kappa shape index (κ2) is 3.89. The summed E-state index contributed by atoms with van der Waals surface area (Å²) in [7, 11) is 1.65. The molecule has 4 heteroatoms. The quantitative estimate of drug-likeness (QED) is 0.841. The van der Waals surface area contributed by atoms with Crippen LogP contribution >= 0.6 is 0 Å². The van der Waals surface area contributed by atoms with Gasteiger partial charge in [-0.3, -0.25) is 0 Å². The Labute approximate surface area is 94.0 Å². The largest absolute Gasteiger partial charge is 0.496 e. The number of nitrogens with two attached hydrogens (primary N) is 1. The average Bonchev–Trinajstić information content (AvgIpc) is 2.68.